The van der Waals surface area contributed by atoms with E-state index in [1.54, 1.807) is 7.11 Å². The molecule has 0 fully saturated rings. The quantitative estimate of drug-likeness (QED) is 0.328. The molecule has 0 spiro atoms. The van der Waals surface area contributed by atoms with E-state index in [0.29, 0.717) is 12.2 Å². The monoisotopic (exact) mass is 507 g/mol. The second-order valence-electron chi connectivity index (χ2n) is 9.51. The van der Waals surface area contributed by atoms with Gasteiger partial charge in [-0.15, -0.1) is 0 Å². The van der Waals surface area contributed by atoms with E-state index in [2.05, 4.69) is 30.3 Å². The molecule has 0 saturated heterocycles. The van der Waals surface area contributed by atoms with Crippen molar-refractivity contribution in [1.82, 2.24) is 9.99 Å². The van der Waals surface area contributed by atoms with Crippen LogP contribution in [0, 0.1) is 13.8 Å². The van der Waals surface area contributed by atoms with Crippen LogP contribution in [0.3, 0.4) is 0 Å². The summed E-state index contributed by atoms with van der Waals surface area (Å²) in [6.07, 6.45) is 0.101. The highest BCUT2D eigenvalue weighted by Gasteiger charge is 2.35. The van der Waals surface area contributed by atoms with Gasteiger partial charge in [0.25, 0.3) is 0 Å². The van der Waals surface area contributed by atoms with Gasteiger partial charge in [-0.2, -0.15) is 5.10 Å². The zero-order valence-corrected chi connectivity index (χ0v) is 21.6. The van der Waals surface area contributed by atoms with Gasteiger partial charge in [0.15, 0.2) is 0 Å². The zero-order valence-electron chi connectivity index (χ0n) is 21.6. The van der Waals surface area contributed by atoms with E-state index in [1.807, 2.05) is 56.3 Å². The molecule has 1 aliphatic rings. The summed E-state index contributed by atoms with van der Waals surface area (Å²) >= 11 is 0. The Labute approximate surface area is 221 Å². The Morgan fingerprint density at radius 3 is 2.39 bits per heavy atom. The van der Waals surface area contributed by atoms with Crippen LogP contribution in [0.2, 0.25) is 0 Å². The number of aryl methyl sites for hydroxylation is 2. The molecule has 1 amide bonds. The number of carboxylic acids is 1. The lowest BCUT2D eigenvalue weighted by atomic mass is 9.89. The van der Waals surface area contributed by atoms with Crippen LogP contribution < -0.4 is 4.74 Å². The maximum atomic E-state index is 13.2. The highest BCUT2D eigenvalue weighted by atomic mass is 16.5. The molecule has 7 heteroatoms. The summed E-state index contributed by atoms with van der Waals surface area (Å²) in [5.41, 5.74) is 7.49. The molecule has 0 radical (unpaired) electrons. The molecule has 0 saturated carbocycles. The number of aliphatic carboxylic acids is 1. The third kappa shape index (κ3) is 4.87. The Kier molecular flexibility index (Phi) is 6.92. The Morgan fingerprint density at radius 1 is 0.974 bits per heavy atom. The highest BCUT2D eigenvalue weighted by Crippen LogP contribution is 2.40. The first-order valence-corrected chi connectivity index (χ1v) is 12.6. The van der Waals surface area contributed by atoms with Crippen LogP contribution >= 0.6 is 0 Å². The number of hydrogen-bond acceptors (Lipinski definition) is 5. The van der Waals surface area contributed by atoms with Gasteiger partial charge in [0.2, 0.25) is 5.91 Å². The summed E-state index contributed by atoms with van der Waals surface area (Å²) < 4.78 is 5.31. The molecule has 3 aromatic carbocycles. The number of rotatable bonds is 7. The number of hydrogen-bond donors (Lipinski definition) is 1. The molecular weight excluding hydrogens is 478 g/mol. The normalized spacial score (nSPS) is 15.0. The fourth-order valence-corrected chi connectivity index (χ4v) is 5.06. The van der Waals surface area contributed by atoms with Crippen molar-refractivity contribution in [3.05, 3.63) is 95.2 Å². The third-order valence-corrected chi connectivity index (χ3v) is 6.89. The van der Waals surface area contributed by atoms with Crippen molar-refractivity contribution >= 4 is 28.5 Å². The largest absolute Gasteiger partial charge is 0.497 e. The average molecular weight is 508 g/mol. The van der Waals surface area contributed by atoms with Gasteiger partial charge in [-0.1, -0.05) is 54.6 Å². The van der Waals surface area contributed by atoms with E-state index in [9.17, 15) is 9.59 Å². The number of ether oxygens (including phenoxy) is 1. The molecule has 38 heavy (non-hydrogen) atoms. The Balaban J connectivity index is 1.67. The molecule has 1 N–H and O–H groups in total. The summed E-state index contributed by atoms with van der Waals surface area (Å²) in [6, 6.07) is 23.6. The second kappa shape index (κ2) is 10.5. The van der Waals surface area contributed by atoms with Crippen molar-refractivity contribution in [3.8, 4) is 16.9 Å². The average Bonchev–Trinajstić information content (AvgIpc) is 3.36. The first kappa shape index (κ1) is 25.1. The number of aromatic nitrogens is 1. The topological polar surface area (TPSA) is 92.1 Å². The molecule has 0 aliphatic carbocycles. The van der Waals surface area contributed by atoms with Gasteiger partial charge in [-0.05, 0) is 48.7 Å². The molecule has 1 atom stereocenters. The molecular formula is C31H29N3O4. The van der Waals surface area contributed by atoms with Crippen molar-refractivity contribution in [2.75, 3.05) is 7.11 Å². The van der Waals surface area contributed by atoms with E-state index < -0.39 is 5.97 Å². The SMILES string of the molecule is COc1ccc(C2CC(c3c(C)nc4cc(C)ccc4c3-c3ccccc3)=NN2C(=O)CCC(=O)O)cc1. The van der Waals surface area contributed by atoms with Crippen molar-refractivity contribution in [2.24, 2.45) is 5.10 Å². The third-order valence-electron chi connectivity index (χ3n) is 6.89. The number of fused-ring (bicyclic) bond motifs is 1. The van der Waals surface area contributed by atoms with Gasteiger partial charge in [0, 0.05) is 35.0 Å². The van der Waals surface area contributed by atoms with E-state index in [4.69, 9.17) is 19.9 Å². The van der Waals surface area contributed by atoms with Gasteiger partial charge >= 0.3 is 5.97 Å². The maximum Gasteiger partial charge on any atom is 0.303 e. The lowest BCUT2D eigenvalue weighted by molar-refractivity contribution is -0.141. The predicted octanol–water partition coefficient (Wildman–Crippen LogP) is 6.07. The zero-order chi connectivity index (χ0) is 26.8. The van der Waals surface area contributed by atoms with Gasteiger partial charge in [0.1, 0.15) is 5.75 Å². The van der Waals surface area contributed by atoms with E-state index in [1.165, 1.54) is 5.01 Å². The Hall–Kier alpha value is -4.52. The number of benzene rings is 3. The molecule has 0 bridgehead atoms. The minimum atomic E-state index is -1.01. The number of hydrazone groups is 1. The number of methoxy groups -OCH3 is 1. The first-order chi connectivity index (χ1) is 18.4. The maximum absolute atomic E-state index is 13.2. The fourth-order valence-electron chi connectivity index (χ4n) is 5.06. The van der Waals surface area contributed by atoms with Gasteiger partial charge in [0.05, 0.1) is 30.8 Å². The summed E-state index contributed by atoms with van der Waals surface area (Å²) in [7, 11) is 1.61. The van der Waals surface area contributed by atoms with Crippen LogP contribution in [0.5, 0.6) is 5.75 Å². The van der Waals surface area contributed by atoms with Crippen molar-refractivity contribution < 1.29 is 19.4 Å². The van der Waals surface area contributed by atoms with Crippen LogP contribution in [0.25, 0.3) is 22.0 Å². The van der Waals surface area contributed by atoms with E-state index in [-0.39, 0.29) is 24.8 Å². The minimum absolute atomic E-state index is 0.126. The molecule has 4 aromatic rings. The van der Waals surface area contributed by atoms with E-state index in [0.717, 1.165) is 50.1 Å². The van der Waals surface area contributed by atoms with Gasteiger partial charge in [-0.3, -0.25) is 14.6 Å². The predicted molar refractivity (Wildman–Crippen MR) is 147 cm³/mol. The molecule has 2 heterocycles. The number of carbonyl (C=O) groups excluding carboxylic acids is 1. The van der Waals surface area contributed by atoms with Crippen molar-refractivity contribution in [3.63, 3.8) is 0 Å². The first-order valence-electron chi connectivity index (χ1n) is 12.6. The summed E-state index contributed by atoms with van der Waals surface area (Å²) in [4.78, 5) is 29.4. The number of amides is 1. The van der Waals surface area contributed by atoms with E-state index >= 15 is 0 Å². The highest BCUT2D eigenvalue weighted by molar-refractivity contribution is 6.14. The Morgan fingerprint density at radius 2 is 1.71 bits per heavy atom. The van der Waals surface area contributed by atoms with Crippen LogP contribution in [-0.4, -0.2) is 39.8 Å². The Bertz CT molecular complexity index is 1550. The molecule has 192 valence electrons. The van der Waals surface area contributed by atoms with Gasteiger partial charge in [-0.25, -0.2) is 5.01 Å². The van der Waals surface area contributed by atoms with Gasteiger partial charge < -0.3 is 9.84 Å². The molecule has 7 nitrogen and oxygen atoms in total. The fraction of sp³-hybridized carbons (Fsp3) is 0.226. The summed E-state index contributed by atoms with van der Waals surface area (Å²) in [6.45, 7) is 4.02. The van der Waals surface area contributed by atoms with Crippen LogP contribution in [-0.2, 0) is 9.59 Å². The minimum Gasteiger partial charge on any atom is -0.497 e. The summed E-state index contributed by atoms with van der Waals surface area (Å²) in [5, 5.41) is 16.5. The second-order valence-corrected chi connectivity index (χ2v) is 9.51. The molecule has 1 aliphatic heterocycles. The van der Waals surface area contributed by atoms with Crippen molar-refractivity contribution in [2.45, 2.75) is 39.2 Å². The molecule has 1 unspecified atom stereocenters. The number of carboxylic acid groups (broad SMARTS) is 1. The van der Waals surface area contributed by atoms with Crippen LogP contribution in [0.1, 0.15) is 47.7 Å². The molecule has 1 aromatic heterocycles. The van der Waals surface area contributed by atoms with Crippen LogP contribution in [0.15, 0.2) is 77.9 Å². The number of nitrogens with zero attached hydrogens (tertiary/aromatic N) is 3. The number of carbonyl (C=O) groups is 2. The number of pyridine rings is 1. The van der Waals surface area contributed by atoms with Crippen LogP contribution in [0.4, 0.5) is 0 Å². The summed E-state index contributed by atoms with van der Waals surface area (Å²) in [5.74, 6) is -0.627. The standard InChI is InChI=1S/C31H29N3O4/c1-19-9-14-24-25(17-19)32-20(2)30(31(24)22-7-5-4-6-8-22)26-18-27(21-10-12-23(38-3)13-11-21)34(33-26)28(35)15-16-29(36)37/h4-14,17,27H,15-16,18H2,1-3H3,(H,36,37). The van der Waals surface area contributed by atoms with Crippen molar-refractivity contribution in [1.29, 1.82) is 0 Å². The smallest absolute Gasteiger partial charge is 0.303 e. The lowest BCUT2D eigenvalue weighted by Gasteiger charge is -2.22. The molecule has 5 rings (SSSR count). The lowest BCUT2D eigenvalue weighted by Crippen LogP contribution is -2.27.